The number of ether oxygens (including phenoxy) is 3. The topological polar surface area (TPSA) is 74.0 Å². The summed E-state index contributed by atoms with van der Waals surface area (Å²) in [6.07, 6.45) is -0.538. The molecule has 2 aliphatic heterocycles. The van der Waals surface area contributed by atoms with Crippen molar-refractivity contribution in [3.8, 4) is 17.2 Å². The maximum Gasteiger partial charge on any atom is 0.263 e. The number of benzene rings is 2. The highest BCUT2D eigenvalue weighted by Gasteiger charge is 2.28. The predicted molar refractivity (Wildman–Crippen MR) is 87.8 cm³/mol. The second kappa shape index (κ2) is 5.63. The van der Waals surface area contributed by atoms with Gasteiger partial charge in [0.2, 0.25) is 6.79 Å². The van der Waals surface area contributed by atoms with E-state index in [0.717, 1.165) is 16.9 Å². The number of nitrogens with two attached hydrogens (primary N) is 1. The molecule has 6 nitrogen and oxygen atoms in total. The number of anilines is 1. The van der Waals surface area contributed by atoms with Gasteiger partial charge >= 0.3 is 0 Å². The van der Waals surface area contributed by atoms with E-state index in [9.17, 15) is 4.79 Å². The molecule has 2 aliphatic rings. The average Bonchev–Trinajstić information content (AvgIpc) is 2.99. The molecule has 1 unspecified atom stereocenters. The van der Waals surface area contributed by atoms with Crippen molar-refractivity contribution in [1.29, 1.82) is 0 Å². The molecular formula is C18H18N2O4. The Kier molecular flexibility index (Phi) is 3.45. The quantitative estimate of drug-likeness (QED) is 0.857. The number of amides is 1. The highest BCUT2D eigenvalue weighted by atomic mass is 16.7. The molecule has 0 bridgehead atoms. The number of hydrogen-bond acceptors (Lipinski definition) is 5. The van der Waals surface area contributed by atoms with Gasteiger partial charge in [-0.25, -0.2) is 0 Å². The van der Waals surface area contributed by atoms with Gasteiger partial charge in [-0.15, -0.1) is 0 Å². The van der Waals surface area contributed by atoms with Crippen molar-refractivity contribution in [3.63, 3.8) is 0 Å². The zero-order chi connectivity index (χ0) is 16.7. The van der Waals surface area contributed by atoms with E-state index in [4.69, 9.17) is 19.9 Å². The summed E-state index contributed by atoms with van der Waals surface area (Å²) in [4.78, 5) is 14.4. The molecule has 2 aromatic rings. The van der Waals surface area contributed by atoms with E-state index in [1.807, 2.05) is 30.3 Å². The third-order valence-corrected chi connectivity index (χ3v) is 4.22. The summed E-state index contributed by atoms with van der Waals surface area (Å²) < 4.78 is 16.5. The van der Waals surface area contributed by atoms with Crippen LogP contribution in [0, 0.1) is 0 Å². The fourth-order valence-corrected chi connectivity index (χ4v) is 3.01. The second-order valence-electron chi connectivity index (χ2n) is 6.01. The van der Waals surface area contributed by atoms with Crippen LogP contribution in [-0.4, -0.2) is 23.7 Å². The van der Waals surface area contributed by atoms with Crippen molar-refractivity contribution < 1.29 is 19.0 Å². The maximum absolute atomic E-state index is 12.7. The first-order valence-electron chi connectivity index (χ1n) is 7.82. The summed E-state index contributed by atoms with van der Waals surface area (Å²) in [5, 5.41) is 0. The SMILES string of the molecule is CC1Oc2ccc(N)cc2CN(Cc2ccc3c(c2)OCO3)C1=O. The molecule has 1 atom stereocenters. The largest absolute Gasteiger partial charge is 0.481 e. The van der Waals surface area contributed by atoms with Gasteiger partial charge < -0.3 is 24.8 Å². The summed E-state index contributed by atoms with van der Waals surface area (Å²) in [6.45, 7) is 2.93. The minimum absolute atomic E-state index is 0.0533. The Morgan fingerprint density at radius 3 is 2.79 bits per heavy atom. The highest BCUT2D eigenvalue weighted by molar-refractivity contribution is 5.81. The fourth-order valence-electron chi connectivity index (χ4n) is 3.01. The average molecular weight is 326 g/mol. The third kappa shape index (κ3) is 2.60. The lowest BCUT2D eigenvalue weighted by Gasteiger charge is -2.22. The predicted octanol–water partition coefficient (Wildman–Crippen LogP) is 2.31. The molecule has 2 aromatic carbocycles. The van der Waals surface area contributed by atoms with Gasteiger partial charge in [0.1, 0.15) is 5.75 Å². The lowest BCUT2D eigenvalue weighted by Crippen LogP contribution is -2.37. The smallest absolute Gasteiger partial charge is 0.263 e. The van der Waals surface area contributed by atoms with Crippen molar-refractivity contribution in [2.45, 2.75) is 26.1 Å². The molecule has 2 heterocycles. The molecule has 0 saturated carbocycles. The first-order chi connectivity index (χ1) is 11.6. The first kappa shape index (κ1) is 14.7. The summed E-state index contributed by atoms with van der Waals surface area (Å²) in [6, 6.07) is 11.2. The summed E-state index contributed by atoms with van der Waals surface area (Å²) >= 11 is 0. The molecule has 0 spiro atoms. The minimum atomic E-state index is -0.538. The Balaban J connectivity index is 1.62. The second-order valence-corrected chi connectivity index (χ2v) is 6.01. The zero-order valence-corrected chi connectivity index (χ0v) is 13.3. The van der Waals surface area contributed by atoms with Gasteiger partial charge in [0, 0.05) is 24.3 Å². The van der Waals surface area contributed by atoms with E-state index in [1.165, 1.54) is 0 Å². The van der Waals surface area contributed by atoms with E-state index in [-0.39, 0.29) is 12.7 Å². The van der Waals surface area contributed by atoms with Crippen LogP contribution in [0.25, 0.3) is 0 Å². The molecule has 0 fully saturated rings. The molecule has 0 saturated heterocycles. The Morgan fingerprint density at radius 2 is 1.92 bits per heavy atom. The Hall–Kier alpha value is -2.89. The summed E-state index contributed by atoms with van der Waals surface area (Å²) in [5.74, 6) is 2.10. The molecular weight excluding hydrogens is 308 g/mol. The van der Waals surface area contributed by atoms with E-state index < -0.39 is 6.10 Å². The Labute approximate surface area is 139 Å². The van der Waals surface area contributed by atoms with Crippen LogP contribution in [0.3, 0.4) is 0 Å². The molecule has 0 aromatic heterocycles. The number of rotatable bonds is 2. The van der Waals surface area contributed by atoms with Gasteiger partial charge in [-0.3, -0.25) is 4.79 Å². The number of carbonyl (C=O) groups is 1. The van der Waals surface area contributed by atoms with Gasteiger partial charge in [-0.1, -0.05) is 6.07 Å². The number of hydrogen-bond donors (Lipinski definition) is 1. The lowest BCUT2D eigenvalue weighted by atomic mass is 10.1. The van der Waals surface area contributed by atoms with Crippen molar-refractivity contribution in [3.05, 3.63) is 47.5 Å². The molecule has 4 rings (SSSR count). The van der Waals surface area contributed by atoms with Crippen LogP contribution in [0.5, 0.6) is 17.2 Å². The van der Waals surface area contributed by atoms with Crippen LogP contribution in [0.1, 0.15) is 18.1 Å². The van der Waals surface area contributed by atoms with Crippen molar-refractivity contribution in [2.75, 3.05) is 12.5 Å². The zero-order valence-electron chi connectivity index (χ0n) is 13.3. The fraction of sp³-hybridized carbons (Fsp3) is 0.278. The number of carbonyl (C=O) groups excluding carboxylic acids is 1. The number of fused-ring (bicyclic) bond motifs is 2. The maximum atomic E-state index is 12.7. The number of nitrogen functional groups attached to an aromatic ring is 1. The molecule has 124 valence electrons. The number of nitrogens with zero attached hydrogens (tertiary/aromatic N) is 1. The van der Waals surface area contributed by atoms with Crippen molar-refractivity contribution >= 4 is 11.6 Å². The van der Waals surface area contributed by atoms with Gasteiger partial charge in [0.05, 0.1) is 0 Å². The van der Waals surface area contributed by atoms with Crippen LogP contribution in [0.4, 0.5) is 5.69 Å². The van der Waals surface area contributed by atoms with E-state index in [1.54, 1.807) is 17.9 Å². The van der Waals surface area contributed by atoms with E-state index >= 15 is 0 Å². The highest BCUT2D eigenvalue weighted by Crippen LogP contribution is 2.34. The standard InChI is InChI=1S/C18H18N2O4/c1-11-18(21)20(9-13-7-14(19)3-5-15(13)24-11)8-12-2-4-16-17(6-12)23-10-22-16/h2-7,11H,8-10,19H2,1H3. The van der Waals surface area contributed by atoms with Crippen LogP contribution >= 0.6 is 0 Å². The third-order valence-electron chi connectivity index (χ3n) is 4.22. The molecule has 24 heavy (non-hydrogen) atoms. The van der Waals surface area contributed by atoms with Crippen molar-refractivity contribution in [2.24, 2.45) is 0 Å². The van der Waals surface area contributed by atoms with Crippen LogP contribution in [-0.2, 0) is 17.9 Å². The summed E-state index contributed by atoms with van der Waals surface area (Å²) in [7, 11) is 0. The van der Waals surface area contributed by atoms with Gasteiger partial charge in [0.25, 0.3) is 5.91 Å². The lowest BCUT2D eigenvalue weighted by molar-refractivity contribution is -0.138. The molecule has 0 aliphatic carbocycles. The van der Waals surface area contributed by atoms with E-state index in [2.05, 4.69) is 0 Å². The molecule has 2 N–H and O–H groups in total. The van der Waals surface area contributed by atoms with Gasteiger partial charge in [0.15, 0.2) is 17.6 Å². The summed E-state index contributed by atoms with van der Waals surface area (Å²) in [5.41, 5.74) is 8.42. The Morgan fingerprint density at radius 1 is 1.12 bits per heavy atom. The van der Waals surface area contributed by atoms with Gasteiger partial charge in [-0.2, -0.15) is 0 Å². The Bertz CT molecular complexity index is 806. The van der Waals surface area contributed by atoms with Crippen molar-refractivity contribution in [1.82, 2.24) is 4.90 Å². The van der Waals surface area contributed by atoms with Crippen LogP contribution in [0.2, 0.25) is 0 Å². The van der Waals surface area contributed by atoms with Crippen LogP contribution < -0.4 is 19.9 Å². The monoisotopic (exact) mass is 326 g/mol. The van der Waals surface area contributed by atoms with E-state index in [0.29, 0.717) is 30.3 Å². The first-order valence-corrected chi connectivity index (χ1v) is 7.82. The van der Waals surface area contributed by atoms with Gasteiger partial charge in [-0.05, 0) is 42.8 Å². The normalized spacial score (nSPS) is 18.8. The molecule has 0 radical (unpaired) electrons. The molecule has 6 heteroatoms. The van der Waals surface area contributed by atoms with Crippen LogP contribution in [0.15, 0.2) is 36.4 Å². The minimum Gasteiger partial charge on any atom is -0.481 e. The molecule has 1 amide bonds.